The Labute approximate surface area is 387 Å². The molecule has 0 saturated carbocycles. The van der Waals surface area contributed by atoms with Crippen molar-refractivity contribution in [1.29, 1.82) is 15.8 Å². The molecule has 10 aromatic rings. The predicted molar refractivity (Wildman–Crippen MR) is 266 cm³/mol. The van der Waals surface area contributed by atoms with E-state index >= 15 is 0 Å². The summed E-state index contributed by atoms with van der Waals surface area (Å²) in [6.45, 7) is 0. The highest BCUT2D eigenvalue weighted by molar-refractivity contribution is 6.11. The summed E-state index contributed by atoms with van der Waals surface area (Å²) in [7, 11) is 0. The van der Waals surface area contributed by atoms with Gasteiger partial charge in [-0.1, -0.05) is 152 Å². The second-order valence-electron chi connectivity index (χ2n) is 16.9. The molecule has 1 aromatic heterocycles. The van der Waals surface area contributed by atoms with Crippen molar-refractivity contribution in [2.75, 3.05) is 10.2 Å². The lowest BCUT2D eigenvalue weighted by atomic mass is 9.62. The summed E-state index contributed by atoms with van der Waals surface area (Å²) in [5.74, 6) is 0.610. The topological polar surface area (TPSA) is 104 Å². The molecule has 0 bridgehead atoms. The van der Waals surface area contributed by atoms with Crippen LogP contribution in [0.3, 0.4) is 0 Å². The van der Waals surface area contributed by atoms with Crippen molar-refractivity contribution >= 4 is 50.4 Å². The van der Waals surface area contributed by atoms with Crippen LogP contribution in [0.5, 0.6) is 0 Å². The van der Waals surface area contributed by atoms with Crippen molar-refractivity contribution in [1.82, 2.24) is 4.57 Å². The zero-order chi connectivity index (χ0) is 45.1. The molecule has 0 saturated heterocycles. The zero-order valence-electron chi connectivity index (χ0n) is 36.0. The van der Waals surface area contributed by atoms with Crippen molar-refractivity contribution in [3.63, 3.8) is 0 Å². The SMILES string of the molecule is N#Cc1cc2c(cc1C#N)C(c1ccc(N3c4ccccc4C(c4ccccc4)(c4ccc(-n5c6ccccc6c6ccccc65)cc4)c4ccccc43)cc1C#N)N=C(c1ccccc1)N2. The van der Waals surface area contributed by atoms with E-state index in [0.29, 0.717) is 28.2 Å². The number of para-hydroxylation sites is 4. The van der Waals surface area contributed by atoms with Gasteiger partial charge in [0.15, 0.2) is 0 Å². The molecule has 0 aliphatic carbocycles. The van der Waals surface area contributed by atoms with Gasteiger partial charge in [-0.2, -0.15) is 15.8 Å². The second kappa shape index (κ2) is 15.6. The molecule has 1 atom stereocenters. The van der Waals surface area contributed by atoms with Crippen molar-refractivity contribution in [3.8, 4) is 23.9 Å². The van der Waals surface area contributed by atoms with Crippen molar-refractivity contribution in [2.45, 2.75) is 11.5 Å². The van der Waals surface area contributed by atoms with Gasteiger partial charge in [-0.05, 0) is 88.5 Å². The molecule has 0 fully saturated rings. The molecule has 7 nitrogen and oxygen atoms in total. The van der Waals surface area contributed by atoms with Gasteiger partial charge in [0, 0.05) is 39.0 Å². The van der Waals surface area contributed by atoms with Gasteiger partial charge < -0.3 is 14.8 Å². The fourth-order valence-electron chi connectivity index (χ4n) is 10.6. The van der Waals surface area contributed by atoms with E-state index in [2.05, 4.69) is 191 Å². The van der Waals surface area contributed by atoms with E-state index in [9.17, 15) is 15.8 Å². The number of benzene rings is 9. The summed E-state index contributed by atoms with van der Waals surface area (Å²) in [4.78, 5) is 7.47. The van der Waals surface area contributed by atoms with Crippen LogP contribution in [0, 0.1) is 34.0 Å². The standard InChI is InChI=1S/C60H37N7/c61-36-40-34-50-53(35-41(40)37-62)64-59(39-15-3-1-4-16-39)65-58(50)47-32-31-46(33-42(47)38-63)67-56-25-13-9-21-51(56)60(43-17-5-2-6-18-43,52-22-10-14-26-57(52)67)44-27-29-45(30-28-44)66-54-23-11-7-19-48(54)49-20-8-12-24-55(49)66/h1-35,58H,(H,64,65). The fourth-order valence-corrected chi connectivity index (χ4v) is 10.6. The molecule has 0 spiro atoms. The Hall–Kier alpha value is -9.48. The Morgan fingerprint density at radius 1 is 0.463 bits per heavy atom. The van der Waals surface area contributed by atoms with Gasteiger partial charge in [0.1, 0.15) is 24.0 Å². The van der Waals surface area contributed by atoms with Crippen LogP contribution in [0.4, 0.5) is 22.7 Å². The minimum Gasteiger partial charge on any atom is -0.340 e. The molecule has 12 rings (SSSR count). The first-order valence-corrected chi connectivity index (χ1v) is 22.2. The lowest BCUT2D eigenvalue weighted by Gasteiger charge is -2.46. The van der Waals surface area contributed by atoms with Gasteiger partial charge in [-0.15, -0.1) is 0 Å². The van der Waals surface area contributed by atoms with Crippen LogP contribution in [0.25, 0.3) is 27.5 Å². The largest absolute Gasteiger partial charge is 0.340 e. The summed E-state index contributed by atoms with van der Waals surface area (Å²) in [6.07, 6.45) is 0. The summed E-state index contributed by atoms with van der Waals surface area (Å²) in [6, 6.07) is 79.7. The summed E-state index contributed by atoms with van der Waals surface area (Å²) in [5.41, 5.74) is 13.9. The van der Waals surface area contributed by atoms with Gasteiger partial charge in [-0.25, -0.2) is 0 Å². The third-order valence-electron chi connectivity index (χ3n) is 13.4. The van der Waals surface area contributed by atoms with Crippen molar-refractivity contribution in [3.05, 3.63) is 268 Å². The highest BCUT2D eigenvalue weighted by Crippen LogP contribution is 2.58. The summed E-state index contributed by atoms with van der Waals surface area (Å²) >= 11 is 0. The number of nitriles is 3. The number of fused-ring (bicyclic) bond motifs is 6. The van der Waals surface area contributed by atoms with Gasteiger partial charge in [-0.3, -0.25) is 4.99 Å². The Kier molecular flexibility index (Phi) is 9.14. The molecule has 2 aliphatic heterocycles. The number of anilines is 4. The molecule has 3 heterocycles. The molecule has 1 N–H and O–H groups in total. The number of aliphatic imine (C=N–C) groups is 1. The predicted octanol–water partition coefficient (Wildman–Crippen LogP) is 13.5. The van der Waals surface area contributed by atoms with E-state index in [1.165, 1.54) is 10.8 Å². The van der Waals surface area contributed by atoms with E-state index in [1.807, 2.05) is 42.5 Å². The van der Waals surface area contributed by atoms with E-state index in [0.717, 1.165) is 61.6 Å². The summed E-state index contributed by atoms with van der Waals surface area (Å²) in [5, 5.41) is 36.9. The number of nitrogens with one attached hydrogen (secondary N) is 1. The van der Waals surface area contributed by atoms with Crippen LogP contribution < -0.4 is 10.2 Å². The number of amidine groups is 1. The number of rotatable bonds is 6. The lowest BCUT2D eigenvalue weighted by molar-refractivity contribution is 0.731. The normalized spacial score (nSPS) is 14.4. The number of hydrogen-bond donors (Lipinski definition) is 1. The van der Waals surface area contributed by atoms with Crippen LogP contribution in [0.2, 0.25) is 0 Å². The quantitative estimate of drug-likeness (QED) is 0.179. The first-order chi connectivity index (χ1) is 33.1. The molecule has 1 unspecified atom stereocenters. The molecule has 67 heavy (non-hydrogen) atoms. The van der Waals surface area contributed by atoms with Crippen LogP contribution >= 0.6 is 0 Å². The minimum atomic E-state index is -0.718. The van der Waals surface area contributed by atoms with E-state index in [-0.39, 0.29) is 11.1 Å². The highest BCUT2D eigenvalue weighted by Gasteiger charge is 2.46. The number of nitrogens with zero attached hydrogens (tertiary/aromatic N) is 6. The van der Waals surface area contributed by atoms with Crippen LogP contribution in [0.1, 0.15) is 61.7 Å². The molecule has 7 heteroatoms. The maximum atomic E-state index is 11.0. The first-order valence-electron chi connectivity index (χ1n) is 22.2. The maximum absolute atomic E-state index is 11.0. The second-order valence-corrected chi connectivity index (χ2v) is 16.9. The molecule has 2 aliphatic rings. The maximum Gasteiger partial charge on any atom is 0.133 e. The van der Waals surface area contributed by atoms with Gasteiger partial charge in [0.05, 0.1) is 50.6 Å². The van der Waals surface area contributed by atoms with E-state index in [1.54, 1.807) is 12.1 Å². The average Bonchev–Trinajstić information content (AvgIpc) is 3.74. The molecular formula is C60H37N7. The van der Waals surface area contributed by atoms with Crippen LogP contribution in [-0.2, 0) is 5.41 Å². The lowest BCUT2D eigenvalue weighted by Crippen LogP contribution is -2.37. The van der Waals surface area contributed by atoms with Crippen molar-refractivity contribution in [2.24, 2.45) is 4.99 Å². The third-order valence-corrected chi connectivity index (χ3v) is 13.4. The Bertz CT molecular complexity index is 3670. The smallest absolute Gasteiger partial charge is 0.133 e. The average molecular weight is 856 g/mol. The van der Waals surface area contributed by atoms with Gasteiger partial charge in [0.25, 0.3) is 0 Å². The molecular weight excluding hydrogens is 819 g/mol. The van der Waals surface area contributed by atoms with Gasteiger partial charge in [0.2, 0.25) is 0 Å². The number of aromatic nitrogens is 1. The summed E-state index contributed by atoms with van der Waals surface area (Å²) < 4.78 is 2.35. The molecule has 0 amide bonds. The number of hydrogen-bond acceptors (Lipinski definition) is 6. The highest BCUT2D eigenvalue weighted by atomic mass is 15.2. The third kappa shape index (κ3) is 5.99. The van der Waals surface area contributed by atoms with Crippen LogP contribution in [0.15, 0.2) is 217 Å². The fraction of sp³-hybridized carbons (Fsp3) is 0.0333. The monoisotopic (exact) mass is 855 g/mol. The Morgan fingerprint density at radius 3 is 1.61 bits per heavy atom. The Morgan fingerprint density at radius 2 is 0.985 bits per heavy atom. The van der Waals surface area contributed by atoms with E-state index < -0.39 is 11.5 Å². The van der Waals surface area contributed by atoms with E-state index in [4.69, 9.17) is 4.99 Å². The molecule has 0 radical (unpaired) electrons. The first kappa shape index (κ1) is 39.1. The Balaban J connectivity index is 1.03. The molecule has 9 aromatic carbocycles. The minimum absolute atomic E-state index is 0.256. The van der Waals surface area contributed by atoms with Crippen molar-refractivity contribution < 1.29 is 0 Å². The van der Waals surface area contributed by atoms with Crippen LogP contribution in [-0.4, -0.2) is 10.4 Å². The van der Waals surface area contributed by atoms with Gasteiger partial charge >= 0.3 is 0 Å². The zero-order valence-corrected chi connectivity index (χ0v) is 36.0. The molecule has 312 valence electrons.